The molecule has 0 bridgehead atoms. The first-order chi connectivity index (χ1) is 8.59. The van der Waals surface area contributed by atoms with Gasteiger partial charge in [-0.2, -0.15) is 0 Å². The zero-order valence-electron chi connectivity index (χ0n) is 9.38. The molecule has 2 rings (SSSR count). The van der Waals surface area contributed by atoms with Gasteiger partial charge in [-0.1, -0.05) is 0 Å². The zero-order chi connectivity index (χ0) is 13.1. The normalized spacial score (nSPS) is 22.7. The van der Waals surface area contributed by atoms with Crippen LogP contribution in [0.15, 0.2) is 23.1 Å². The molecule has 0 radical (unpaired) electrons. The number of hydrogen-bond donors (Lipinski definition) is 3. The van der Waals surface area contributed by atoms with Gasteiger partial charge >= 0.3 is 5.97 Å². The van der Waals surface area contributed by atoms with E-state index in [0.29, 0.717) is 0 Å². The highest BCUT2D eigenvalue weighted by atomic mass is 16.5. The average molecular weight is 252 g/mol. The summed E-state index contributed by atoms with van der Waals surface area (Å²) in [5, 5.41) is 11.4. The Morgan fingerprint density at radius 2 is 2.22 bits per heavy atom. The van der Waals surface area contributed by atoms with E-state index in [1.165, 1.54) is 18.3 Å². The van der Waals surface area contributed by atoms with Gasteiger partial charge in [0, 0.05) is 6.20 Å². The molecule has 2 heterocycles. The summed E-state index contributed by atoms with van der Waals surface area (Å²) in [6, 6.07) is 2.28. The Bertz CT molecular complexity index is 524. The van der Waals surface area contributed by atoms with E-state index in [-0.39, 0.29) is 18.8 Å². The van der Waals surface area contributed by atoms with Gasteiger partial charge in [-0.3, -0.25) is 14.4 Å². The molecule has 1 aromatic rings. The maximum Gasteiger partial charge on any atom is 0.311 e. The molecule has 1 saturated heterocycles. The van der Waals surface area contributed by atoms with E-state index in [1.54, 1.807) is 0 Å². The largest absolute Gasteiger partial charge is 0.481 e. The lowest BCUT2D eigenvalue weighted by Crippen LogP contribution is -2.44. The van der Waals surface area contributed by atoms with Crippen LogP contribution in [0.4, 0.5) is 0 Å². The summed E-state index contributed by atoms with van der Waals surface area (Å²) in [5.74, 6) is -2.41. The van der Waals surface area contributed by atoms with Gasteiger partial charge in [0.15, 0.2) is 0 Å². The van der Waals surface area contributed by atoms with Crippen molar-refractivity contribution in [3.8, 4) is 0 Å². The summed E-state index contributed by atoms with van der Waals surface area (Å²) < 4.78 is 5.02. The van der Waals surface area contributed by atoms with E-state index in [0.717, 1.165) is 0 Å². The molecule has 0 aromatic carbocycles. The molecule has 18 heavy (non-hydrogen) atoms. The molecule has 2 unspecified atom stereocenters. The molecule has 0 spiro atoms. The van der Waals surface area contributed by atoms with Crippen molar-refractivity contribution in [1.29, 1.82) is 0 Å². The number of H-pyrrole nitrogens is 1. The minimum atomic E-state index is -1.03. The Morgan fingerprint density at radius 3 is 2.89 bits per heavy atom. The third-order valence-electron chi connectivity index (χ3n) is 2.78. The number of rotatable bonds is 3. The second-order valence-electron chi connectivity index (χ2n) is 3.98. The number of pyridine rings is 1. The van der Waals surface area contributed by atoms with E-state index >= 15 is 0 Å². The maximum absolute atomic E-state index is 11.8. The molecule has 1 fully saturated rings. The highest BCUT2D eigenvalue weighted by molar-refractivity contribution is 5.94. The van der Waals surface area contributed by atoms with Crippen LogP contribution in [0.3, 0.4) is 0 Å². The molecule has 3 N–H and O–H groups in total. The van der Waals surface area contributed by atoms with Crippen molar-refractivity contribution in [2.75, 3.05) is 13.2 Å². The summed E-state index contributed by atoms with van der Waals surface area (Å²) in [6.45, 7) is 0.193. The Morgan fingerprint density at radius 1 is 1.44 bits per heavy atom. The monoisotopic (exact) mass is 252 g/mol. The first kappa shape index (κ1) is 12.3. The first-order valence-electron chi connectivity index (χ1n) is 5.38. The lowest BCUT2D eigenvalue weighted by atomic mass is 10.0. The van der Waals surface area contributed by atoms with Gasteiger partial charge in [0.1, 0.15) is 11.5 Å². The van der Waals surface area contributed by atoms with E-state index in [4.69, 9.17) is 9.84 Å². The van der Waals surface area contributed by atoms with Crippen LogP contribution in [0.2, 0.25) is 0 Å². The fraction of sp³-hybridized carbons (Fsp3) is 0.364. The van der Waals surface area contributed by atoms with Crippen molar-refractivity contribution in [3.05, 3.63) is 34.2 Å². The minimum absolute atomic E-state index is 0.0476. The van der Waals surface area contributed by atoms with Crippen molar-refractivity contribution in [2.24, 2.45) is 5.92 Å². The molecule has 96 valence electrons. The predicted octanol–water partition coefficient (Wildman–Crippen LogP) is -0.796. The van der Waals surface area contributed by atoms with Gasteiger partial charge in [-0.25, -0.2) is 0 Å². The van der Waals surface area contributed by atoms with Crippen LogP contribution in [0, 0.1) is 5.92 Å². The molecule has 0 aliphatic carbocycles. The summed E-state index contributed by atoms with van der Waals surface area (Å²) in [7, 11) is 0. The Labute approximate surface area is 102 Å². The van der Waals surface area contributed by atoms with Crippen LogP contribution in [0.5, 0.6) is 0 Å². The lowest BCUT2D eigenvalue weighted by Gasteiger charge is -2.15. The Kier molecular flexibility index (Phi) is 3.42. The highest BCUT2D eigenvalue weighted by Crippen LogP contribution is 2.14. The highest BCUT2D eigenvalue weighted by Gasteiger charge is 2.35. The average Bonchev–Trinajstić information content (AvgIpc) is 2.77. The molecule has 1 aliphatic rings. The molecule has 2 atom stereocenters. The number of aromatic amines is 1. The third kappa shape index (κ3) is 2.40. The molecule has 1 amide bonds. The van der Waals surface area contributed by atoms with Gasteiger partial charge in [-0.15, -0.1) is 0 Å². The topological polar surface area (TPSA) is 108 Å². The molecular weight excluding hydrogens is 240 g/mol. The van der Waals surface area contributed by atoms with Crippen molar-refractivity contribution < 1.29 is 19.4 Å². The number of aliphatic carboxylic acids is 1. The van der Waals surface area contributed by atoms with Gasteiger partial charge in [0.2, 0.25) is 0 Å². The second-order valence-corrected chi connectivity index (χ2v) is 3.98. The number of aromatic nitrogens is 1. The summed E-state index contributed by atoms with van der Waals surface area (Å²) >= 11 is 0. The van der Waals surface area contributed by atoms with Crippen molar-refractivity contribution in [2.45, 2.75) is 6.04 Å². The van der Waals surface area contributed by atoms with Gasteiger partial charge in [-0.05, 0) is 12.1 Å². The van der Waals surface area contributed by atoms with Gasteiger partial charge < -0.3 is 20.1 Å². The quantitative estimate of drug-likeness (QED) is 0.653. The van der Waals surface area contributed by atoms with Crippen LogP contribution in [-0.2, 0) is 9.53 Å². The Hall–Kier alpha value is -2.15. The van der Waals surface area contributed by atoms with E-state index in [9.17, 15) is 14.4 Å². The van der Waals surface area contributed by atoms with E-state index < -0.39 is 29.4 Å². The number of amides is 1. The summed E-state index contributed by atoms with van der Waals surface area (Å²) in [5.41, 5.74) is -0.561. The van der Waals surface area contributed by atoms with Crippen molar-refractivity contribution >= 4 is 11.9 Å². The van der Waals surface area contributed by atoms with Crippen LogP contribution < -0.4 is 10.9 Å². The maximum atomic E-state index is 11.8. The van der Waals surface area contributed by atoms with Crippen molar-refractivity contribution in [3.63, 3.8) is 0 Å². The molecule has 7 heteroatoms. The number of carboxylic acid groups (broad SMARTS) is 1. The van der Waals surface area contributed by atoms with Crippen LogP contribution in [0.1, 0.15) is 10.4 Å². The first-order valence-corrected chi connectivity index (χ1v) is 5.38. The zero-order valence-corrected chi connectivity index (χ0v) is 9.38. The van der Waals surface area contributed by atoms with Crippen LogP contribution in [0.25, 0.3) is 0 Å². The smallest absolute Gasteiger partial charge is 0.311 e. The minimum Gasteiger partial charge on any atom is -0.481 e. The summed E-state index contributed by atoms with van der Waals surface area (Å²) in [4.78, 5) is 36.5. The SMILES string of the molecule is O=C(NC1COCC1C(=O)O)c1ccc[nH]c1=O. The molecule has 1 aliphatic heterocycles. The summed E-state index contributed by atoms with van der Waals surface area (Å²) in [6.07, 6.45) is 1.41. The molecule has 0 saturated carbocycles. The third-order valence-corrected chi connectivity index (χ3v) is 2.78. The molecular formula is C11H12N2O5. The number of carboxylic acids is 1. The Balaban J connectivity index is 2.10. The molecule has 1 aromatic heterocycles. The van der Waals surface area contributed by atoms with Crippen molar-refractivity contribution in [1.82, 2.24) is 10.3 Å². The predicted molar refractivity (Wildman–Crippen MR) is 60.3 cm³/mol. The number of ether oxygens (including phenoxy) is 1. The van der Waals surface area contributed by atoms with E-state index in [1.807, 2.05) is 0 Å². The van der Waals surface area contributed by atoms with Crippen LogP contribution in [-0.4, -0.2) is 41.2 Å². The van der Waals surface area contributed by atoms with Gasteiger partial charge in [0.05, 0.1) is 19.3 Å². The fourth-order valence-electron chi connectivity index (χ4n) is 1.79. The number of nitrogens with one attached hydrogen (secondary N) is 2. The molecule has 7 nitrogen and oxygen atoms in total. The second kappa shape index (κ2) is 5.01. The lowest BCUT2D eigenvalue weighted by molar-refractivity contribution is -0.142. The number of hydrogen-bond acceptors (Lipinski definition) is 4. The van der Waals surface area contributed by atoms with E-state index in [2.05, 4.69) is 10.3 Å². The fourth-order valence-corrected chi connectivity index (χ4v) is 1.79. The number of carbonyl (C=O) groups excluding carboxylic acids is 1. The number of carbonyl (C=O) groups is 2. The van der Waals surface area contributed by atoms with Crippen LogP contribution >= 0.6 is 0 Å². The standard InChI is InChI=1S/C11H12N2O5/c14-9-6(2-1-3-12-9)10(15)13-8-5-18-4-7(8)11(16)17/h1-3,7-8H,4-5H2,(H,12,14)(H,13,15)(H,16,17). The van der Waals surface area contributed by atoms with Gasteiger partial charge in [0.25, 0.3) is 11.5 Å².